The summed E-state index contributed by atoms with van der Waals surface area (Å²) in [5.74, 6) is 1.14. The van der Waals surface area contributed by atoms with Crippen LogP contribution in [0.2, 0.25) is 0 Å². The number of hydrogen-bond donors (Lipinski definition) is 1. The maximum absolute atomic E-state index is 12.4. The highest BCUT2D eigenvalue weighted by Gasteiger charge is 2.16. The summed E-state index contributed by atoms with van der Waals surface area (Å²) in [6.45, 7) is 0.921. The zero-order chi connectivity index (χ0) is 15.8. The minimum atomic E-state index is -0.202. The predicted octanol–water partition coefficient (Wildman–Crippen LogP) is 2.64. The lowest BCUT2D eigenvalue weighted by Crippen LogP contribution is -2.13. The highest BCUT2D eigenvalue weighted by atomic mass is 16.5. The first-order chi connectivity index (χ1) is 11.2. The molecule has 6 nitrogen and oxygen atoms in total. The molecule has 4 rings (SSSR count). The Morgan fingerprint density at radius 2 is 2.22 bits per heavy atom. The molecular weight excluding hydrogens is 292 g/mol. The highest BCUT2D eigenvalue weighted by molar-refractivity contribution is 6.05. The second-order valence-electron chi connectivity index (χ2n) is 5.58. The van der Waals surface area contributed by atoms with Crippen LogP contribution >= 0.6 is 0 Å². The average Bonchev–Trinajstić information content (AvgIpc) is 3.15. The van der Waals surface area contributed by atoms with Gasteiger partial charge < -0.3 is 10.1 Å². The topological polar surface area (TPSA) is 69.0 Å². The Balaban J connectivity index is 1.58. The Morgan fingerprint density at radius 1 is 1.30 bits per heavy atom. The first kappa shape index (κ1) is 13.8. The second-order valence-corrected chi connectivity index (χ2v) is 5.58. The fourth-order valence-electron chi connectivity index (χ4n) is 2.86. The van der Waals surface area contributed by atoms with Gasteiger partial charge in [-0.15, -0.1) is 0 Å². The van der Waals surface area contributed by atoms with E-state index in [2.05, 4.69) is 15.4 Å². The molecule has 0 spiro atoms. The van der Waals surface area contributed by atoms with E-state index in [-0.39, 0.29) is 5.91 Å². The number of fused-ring (bicyclic) bond motifs is 2. The fourth-order valence-corrected chi connectivity index (χ4v) is 2.86. The van der Waals surface area contributed by atoms with Crippen molar-refractivity contribution in [3.63, 3.8) is 0 Å². The molecule has 1 aromatic carbocycles. The van der Waals surface area contributed by atoms with Crippen LogP contribution in [0.25, 0.3) is 10.9 Å². The largest absolute Gasteiger partial charge is 0.497 e. The second kappa shape index (κ2) is 5.39. The number of nitrogens with zero attached hydrogens (tertiary/aromatic N) is 3. The van der Waals surface area contributed by atoms with Crippen molar-refractivity contribution in [2.24, 2.45) is 0 Å². The fraction of sp³-hybridized carbons (Fsp3) is 0.235. The van der Waals surface area contributed by atoms with Crippen molar-refractivity contribution in [1.29, 1.82) is 0 Å². The van der Waals surface area contributed by atoms with Crippen LogP contribution in [0.4, 0.5) is 5.82 Å². The summed E-state index contributed by atoms with van der Waals surface area (Å²) in [5.41, 5.74) is 2.47. The van der Waals surface area contributed by atoms with Crippen LogP contribution in [-0.4, -0.2) is 27.8 Å². The van der Waals surface area contributed by atoms with Gasteiger partial charge in [-0.2, -0.15) is 5.10 Å². The number of hydrogen-bond acceptors (Lipinski definition) is 4. The first-order valence-corrected chi connectivity index (χ1v) is 7.55. The van der Waals surface area contributed by atoms with Gasteiger partial charge in [0.2, 0.25) is 0 Å². The minimum Gasteiger partial charge on any atom is -0.497 e. The van der Waals surface area contributed by atoms with Gasteiger partial charge in [-0.05, 0) is 31.0 Å². The van der Waals surface area contributed by atoms with E-state index >= 15 is 0 Å². The summed E-state index contributed by atoms with van der Waals surface area (Å²) in [4.78, 5) is 16.7. The van der Waals surface area contributed by atoms with Crippen molar-refractivity contribution >= 4 is 22.6 Å². The van der Waals surface area contributed by atoms with Gasteiger partial charge >= 0.3 is 0 Å². The molecule has 1 aliphatic rings. The third-order valence-electron chi connectivity index (χ3n) is 4.06. The Hall–Kier alpha value is -2.89. The van der Waals surface area contributed by atoms with Gasteiger partial charge in [-0.3, -0.25) is 14.5 Å². The molecule has 0 aliphatic carbocycles. The molecule has 1 N–H and O–H groups in total. The summed E-state index contributed by atoms with van der Waals surface area (Å²) in [6, 6.07) is 9.34. The van der Waals surface area contributed by atoms with Crippen LogP contribution in [0.3, 0.4) is 0 Å². The molecule has 1 amide bonds. The van der Waals surface area contributed by atoms with E-state index in [1.807, 2.05) is 35.0 Å². The number of benzene rings is 1. The number of amides is 1. The van der Waals surface area contributed by atoms with E-state index in [1.54, 1.807) is 13.3 Å². The third-order valence-corrected chi connectivity index (χ3v) is 4.06. The van der Waals surface area contributed by atoms with Gasteiger partial charge in [0.15, 0.2) is 5.82 Å². The molecule has 6 heteroatoms. The zero-order valence-electron chi connectivity index (χ0n) is 12.7. The van der Waals surface area contributed by atoms with E-state index in [9.17, 15) is 4.79 Å². The predicted molar refractivity (Wildman–Crippen MR) is 86.8 cm³/mol. The molecule has 0 saturated carbocycles. The number of carbonyl (C=O) groups excluding carboxylic acids is 1. The van der Waals surface area contributed by atoms with Crippen LogP contribution in [0.15, 0.2) is 36.5 Å². The molecule has 0 unspecified atom stereocenters. The van der Waals surface area contributed by atoms with Crippen molar-refractivity contribution < 1.29 is 9.53 Å². The quantitative estimate of drug-likeness (QED) is 0.807. The molecule has 0 radical (unpaired) electrons. The van der Waals surface area contributed by atoms with Crippen LogP contribution in [0, 0.1) is 0 Å². The van der Waals surface area contributed by atoms with Crippen LogP contribution in [0.1, 0.15) is 22.5 Å². The van der Waals surface area contributed by atoms with E-state index in [1.165, 1.54) is 5.69 Å². The van der Waals surface area contributed by atoms with Gasteiger partial charge in [0.25, 0.3) is 5.91 Å². The number of anilines is 1. The van der Waals surface area contributed by atoms with Crippen molar-refractivity contribution in [1.82, 2.24) is 14.8 Å². The lowest BCUT2D eigenvalue weighted by molar-refractivity contribution is 0.102. The molecule has 116 valence electrons. The number of aryl methyl sites for hydroxylation is 2. The number of nitrogens with one attached hydrogen (secondary N) is 1. The maximum Gasteiger partial charge on any atom is 0.258 e. The zero-order valence-corrected chi connectivity index (χ0v) is 12.7. The molecule has 0 fully saturated rings. The molecule has 3 heterocycles. The maximum atomic E-state index is 12.4. The Labute approximate surface area is 133 Å². The van der Waals surface area contributed by atoms with Crippen molar-refractivity contribution in [2.75, 3.05) is 12.4 Å². The van der Waals surface area contributed by atoms with E-state index in [0.29, 0.717) is 11.4 Å². The number of methoxy groups -OCH3 is 1. The van der Waals surface area contributed by atoms with Crippen LogP contribution < -0.4 is 10.1 Å². The lowest BCUT2D eigenvalue weighted by atomic mass is 10.1. The monoisotopic (exact) mass is 308 g/mol. The van der Waals surface area contributed by atoms with Crippen LogP contribution in [0.5, 0.6) is 5.75 Å². The minimum absolute atomic E-state index is 0.202. The molecule has 0 atom stereocenters. The molecule has 2 aromatic heterocycles. The number of aromatic nitrogens is 3. The summed E-state index contributed by atoms with van der Waals surface area (Å²) >= 11 is 0. The SMILES string of the molecule is COc1ccc2cc(C(=O)Nc3cc4n(n3)CCC4)cnc2c1. The van der Waals surface area contributed by atoms with Crippen molar-refractivity contribution in [3.05, 3.63) is 47.8 Å². The van der Waals surface area contributed by atoms with Gasteiger partial charge in [0.05, 0.1) is 18.2 Å². The Bertz CT molecular complexity index is 879. The molecule has 0 saturated heterocycles. The third kappa shape index (κ3) is 2.52. The molecular formula is C17H16N4O2. The lowest BCUT2D eigenvalue weighted by Gasteiger charge is -2.05. The molecule has 23 heavy (non-hydrogen) atoms. The van der Waals surface area contributed by atoms with Crippen molar-refractivity contribution in [2.45, 2.75) is 19.4 Å². The number of pyridine rings is 1. The van der Waals surface area contributed by atoms with Gasteiger partial charge in [-0.1, -0.05) is 0 Å². The van der Waals surface area contributed by atoms with Crippen LogP contribution in [-0.2, 0) is 13.0 Å². The Morgan fingerprint density at radius 3 is 3.04 bits per heavy atom. The van der Waals surface area contributed by atoms with Crippen molar-refractivity contribution in [3.8, 4) is 5.75 Å². The van der Waals surface area contributed by atoms with E-state index < -0.39 is 0 Å². The summed E-state index contributed by atoms with van der Waals surface area (Å²) < 4.78 is 7.12. The van der Waals surface area contributed by atoms with Gasteiger partial charge in [0.1, 0.15) is 5.75 Å². The molecule has 0 bridgehead atoms. The number of ether oxygens (including phenoxy) is 1. The van der Waals surface area contributed by atoms with Gasteiger partial charge in [0, 0.05) is 36.0 Å². The van der Waals surface area contributed by atoms with E-state index in [4.69, 9.17) is 4.74 Å². The number of carbonyl (C=O) groups is 1. The Kier molecular flexibility index (Phi) is 3.22. The summed E-state index contributed by atoms with van der Waals surface area (Å²) in [5, 5.41) is 8.12. The summed E-state index contributed by atoms with van der Waals surface area (Å²) in [6.07, 6.45) is 3.71. The summed E-state index contributed by atoms with van der Waals surface area (Å²) in [7, 11) is 1.62. The smallest absolute Gasteiger partial charge is 0.258 e. The highest BCUT2D eigenvalue weighted by Crippen LogP contribution is 2.21. The van der Waals surface area contributed by atoms with E-state index in [0.717, 1.165) is 36.0 Å². The normalized spacial score (nSPS) is 13.1. The van der Waals surface area contributed by atoms with Gasteiger partial charge in [-0.25, -0.2) is 0 Å². The average molecular weight is 308 g/mol. The molecule has 3 aromatic rings. The standard InChI is InChI=1S/C17H16N4O2/c1-23-14-5-4-11-7-12(10-18-15(11)9-14)17(22)19-16-8-13-3-2-6-21(13)20-16/h4-5,7-10H,2-3,6H2,1H3,(H,19,20,22). The molecule has 1 aliphatic heterocycles. The number of rotatable bonds is 3. The first-order valence-electron chi connectivity index (χ1n) is 7.55.